The SMILES string of the molecule is Cc1ccc(S(=O)(=O)N2C(=O)c3ccccc3[C@H]2Cc2cccc(C)n2)cc1. The summed E-state index contributed by atoms with van der Waals surface area (Å²) in [6.07, 6.45) is 0.329. The number of aryl methyl sites for hydroxylation is 2. The average molecular weight is 392 g/mol. The predicted octanol–water partition coefficient (Wildman–Crippen LogP) is 3.83. The first-order valence-corrected chi connectivity index (χ1v) is 10.5. The summed E-state index contributed by atoms with van der Waals surface area (Å²) in [6, 6.07) is 18.6. The quantitative estimate of drug-likeness (QED) is 0.677. The molecule has 142 valence electrons. The fourth-order valence-electron chi connectivity index (χ4n) is 3.57. The number of sulfonamides is 1. The minimum absolute atomic E-state index is 0.112. The summed E-state index contributed by atoms with van der Waals surface area (Å²) in [6.45, 7) is 3.78. The van der Waals surface area contributed by atoms with Crippen molar-refractivity contribution in [3.05, 3.63) is 94.8 Å². The normalized spacial score (nSPS) is 16.3. The van der Waals surface area contributed by atoms with Crippen molar-refractivity contribution in [1.29, 1.82) is 0 Å². The first-order chi connectivity index (χ1) is 13.4. The highest BCUT2D eigenvalue weighted by Gasteiger charge is 2.44. The van der Waals surface area contributed by atoms with Gasteiger partial charge in [0.25, 0.3) is 15.9 Å². The fourth-order valence-corrected chi connectivity index (χ4v) is 5.12. The van der Waals surface area contributed by atoms with Crippen LogP contribution in [0.5, 0.6) is 0 Å². The van der Waals surface area contributed by atoms with E-state index in [-0.39, 0.29) is 4.90 Å². The molecule has 0 saturated carbocycles. The van der Waals surface area contributed by atoms with Crippen molar-refractivity contribution in [3.63, 3.8) is 0 Å². The van der Waals surface area contributed by atoms with Crippen molar-refractivity contribution >= 4 is 15.9 Å². The number of amides is 1. The second kappa shape index (κ2) is 6.87. The molecule has 5 nitrogen and oxygen atoms in total. The Balaban J connectivity index is 1.82. The molecule has 2 aromatic carbocycles. The Morgan fingerprint density at radius 2 is 1.64 bits per heavy atom. The zero-order valence-electron chi connectivity index (χ0n) is 15.7. The van der Waals surface area contributed by atoms with E-state index in [0.29, 0.717) is 17.5 Å². The second-order valence-electron chi connectivity index (χ2n) is 7.00. The van der Waals surface area contributed by atoms with Gasteiger partial charge in [0.15, 0.2) is 0 Å². The number of hydrogen-bond donors (Lipinski definition) is 0. The minimum atomic E-state index is -4.00. The maximum absolute atomic E-state index is 13.4. The molecule has 0 aliphatic carbocycles. The summed E-state index contributed by atoms with van der Waals surface area (Å²) < 4.78 is 27.8. The van der Waals surface area contributed by atoms with Crippen LogP contribution in [0.15, 0.2) is 71.6 Å². The molecule has 0 radical (unpaired) electrons. The topological polar surface area (TPSA) is 67.3 Å². The third kappa shape index (κ3) is 3.10. The van der Waals surface area contributed by atoms with Crippen LogP contribution in [-0.4, -0.2) is 23.6 Å². The summed E-state index contributed by atoms with van der Waals surface area (Å²) >= 11 is 0. The van der Waals surface area contributed by atoms with E-state index in [1.807, 2.05) is 44.2 Å². The summed E-state index contributed by atoms with van der Waals surface area (Å²) in [7, 11) is -4.00. The first kappa shape index (κ1) is 18.4. The summed E-state index contributed by atoms with van der Waals surface area (Å²) in [5.41, 5.74) is 3.69. The molecule has 6 heteroatoms. The first-order valence-electron chi connectivity index (χ1n) is 9.05. The van der Waals surface area contributed by atoms with Gasteiger partial charge in [-0.25, -0.2) is 12.7 Å². The molecule has 2 heterocycles. The van der Waals surface area contributed by atoms with E-state index in [1.54, 1.807) is 36.4 Å². The molecule has 0 N–H and O–H groups in total. The lowest BCUT2D eigenvalue weighted by atomic mass is 10.0. The molecule has 0 fully saturated rings. The molecule has 1 atom stereocenters. The molecule has 1 aliphatic heterocycles. The molecule has 0 bridgehead atoms. The van der Waals surface area contributed by atoms with E-state index < -0.39 is 22.0 Å². The number of carbonyl (C=O) groups excluding carboxylic acids is 1. The highest BCUT2D eigenvalue weighted by molar-refractivity contribution is 7.89. The average Bonchev–Trinajstić information content (AvgIpc) is 2.95. The fraction of sp³-hybridized carbons (Fsp3) is 0.182. The van der Waals surface area contributed by atoms with Crippen molar-refractivity contribution in [2.45, 2.75) is 31.2 Å². The van der Waals surface area contributed by atoms with Crippen LogP contribution in [0.1, 0.15) is 38.9 Å². The number of pyridine rings is 1. The van der Waals surface area contributed by atoms with E-state index >= 15 is 0 Å². The molecule has 1 aliphatic rings. The molecule has 0 saturated heterocycles. The predicted molar refractivity (Wildman–Crippen MR) is 106 cm³/mol. The third-order valence-electron chi connectivity index (χ3n) is 4.96. The van der Waals surface area contributed by atoms with E-state index in [4.69, 9.17) is 0 Å². The van der Waals surface area contributed by atoms with Gasteiger partial charge < -0.3 is 0 Å². The van der Waals surface area contributed by atoms with Gasteiger partial charge in [0.05, 0.1) is 10.9 Å². The zero-order chi connectivity index (χ0) is 19.9. The smallest absolute Gasteiger partial charge is 0.268 e. The van der Waals surface area contributed by atoms with E-state index in [0.717, 1.165) is 21.3 Å². The number of fused-ring (bicyclic) bond motifs is 1. The number of nitrogens with zero attached hydrogens (tertiary/aromatic N) is 2. The molecule has 3 aromatic rings. The van der Waals surface area contributed by atoms with Gasteiger partial charge in [-0.1, -0.05) is 42.0 Å². The molecular formula is C22H20N2O3S. The maximum atomic E-state index is 13.4. The maximum Gasteiger partial charge on any atom is 0.268 e. The van der Waals surface area contributed by atoms with Crippen LogP contribution in [0.2, 0.25) is 0 Å². The zero-order valence-corrected chi connectivity index (χ0v) is 16.5. The van der Waals surface area contributed by atoms with Crippen LogP contribution in [0.25, 0.3) is 0 Å². The van der Waals surface area contributed by atoms with Crippen LogP contribution >= 0.6 is 0 Å². The molecule has 0 unspecified atom stereocenters. The van der Waals surface area contributed by atoms with Gasteiger partial charge in [0.1, 0.15) is 0 Å². The minimum Gasteiger partial charge on any atom is -0.268 e. The Morgan fingerprint density at radius 3 is 2.36 bits per heavy atom. The highest BCUT2D eigenvalue weighted by atomic mass is 32.2. The summed E-state index contributed by atoms with van der Waals surface area (Å²) in [4.78, 5) is 17.7. The second-order valence-corrected chi connectivity index (χ2v) is 8.81. The molecule has 28 heavy (non-hydrogen) atoms. The standard InChI is InChI=1S/C22H20N2O3S/c1-15-10-12-18(13-11-15)28(26,27)24-21(14-17-7-5-6-16(2)23-17)19-8-3-4-9-20(19)22(24)25/h3-13,21H,14H2,1-2H3/t21-/m1/s1. The van der Waals surface area contributed by atoms with Gasteiger partial charge >= 0.3 is 0 Å². The number of rotatable bonds is 4. The third-order valence-corrected chi connectivity index (χ3v) is 6.77. The Bertz CT molecular complexity index is 1150. The number of carbonyl (C=O) groups is 1. The molecule has 1 aromatic heterocycles. The lowest BCUT2D eigenvalue weighted by molar-refractivity contribution is 0.0853. The monoisotopic (exact) mass is 392 g/mol. The Morgan fingerprint density at radius 1 is 0.929 bits per heavy atom. The summed E-state index contributed by atoms with van der Waals surface area (Å²) in [5.74, 6) is -0.492. The Kier molecular flexibility index (Phi) is 4.51. The van der Waals surface area contributed by atoms with Crippen molar-refractivity contribution in [2.75, 3.05) is 0 Å². The van der Waals surface area contributed by atoms with Gasteiger partial charge in [-0.15, -0.1) is 0 Å². The van der Waals surface area contributed by atoms with Crippen LogP contribution in [0, 0.1) is 13.8 Å². The van der Waals surface area contributed by atoms with Crippen molar-refractivity contribution in [3.8, 4) is 0 Å². The van der Waals surface area contributed by atoms with E-state index in [2.05, 4.69) is 4.98 Å². The highest BCUT2D eigenvalue weighted by Crippen LogP contribution is 2.39. The lowest BCUT2D eigenvalue weighted by Gasteiger charge is -2.25. The van der Waals surface area contributed by atoms with Gasteiger partial charge in [-0.3, -0.25) is 9.78 Å². The van der Waals surface area contributed by atoms with Crippen LogP contribution in [-0.2, 0) is 16.4 Å². The largest absolute Gasteiger partial charge is 0.268 e. The van der Waals surface area contributed by atoms with Crippen molar-refractivity contribution in [1.82, 2.24) is 9.29 Å². The Labute approximate surface area is 164 Å². The van der Waals surface area contributed by atoms with E-state index in [9.17, 15) is 13.2 Å². The van der Waals surface area contributed by atoms with Crippen molar-refractivity contribution < 1.29 is 13.2 Å². The van der Waals surface area contributed by atoms with Gasteiger partial charge in [-0.05, 0) is 49.7 Å². The lowest BCUT2D eigenvalue weighted by Crippen LogP contribution is -2.35. The van der Waals surface area contributed by atoms with Crippen LogP contribution in [0.3, 0.4) is 0 Å². The molecular weight excluding hydrogens is 372 g/mol. The van der Waals surface area contributed by atoms with Crippen molar-refractivity contribution in [2.24, 2.45) is 0 Å². The number of hydrogen-bond acceptors (Lipinski definition) is 4. The molecule has 4 rings (SSSR count). The summed E-state index contributed by atoms with van der Waals surface area (Å²) in [5, 5.41) is 0. The Hall–Kier alpha value is -2.99. The van der Waals surface area contributed by atoms with Crippen LogP contribution < -0.4 is 0 Å². The van der Waals surface area contributed by atoms with E-state index in [1.165, 1.54) is 0 Å². The molecule has 1 amide bonds. The number of aromatic nitrogens is 1. The van der Waals surface area contributed by atoms with Gasteiger partial charge in [0.2, 0.25) is 0 Å². The van der Waals surface area contributed by atoms with Crippen LogP contribution in [0.4, 0.5) is 0 Å². The number of benzene rings is 2. The van der Waals surface area contributed by atoms with Gasteiger partial charge in [-0.2, -0.15) is 0 Å². The molecule has 0 spiro atoms. The van der Waals surface area contributed by atoms with Gasteiger partial charge in [0, 0.05) is 23.4 Å².